The van der Waals surface area contributed by atoms with E-state index in [9.17, 15) is 35.9 Å². The highest BCUT2D eigenvalue weighted by atomic mass is 19.4. The summed E-state index contributed by atoms with van der Waals surface area (Å²) in [4.78, 5) is 24.7. The van der Waals surface area contributed by atoms with Gasteiger partial charge in [-0.25, -0.2) is 0 Å². The summed E-state index contributed by atoms with van der Waals surface area (Å²) in [7, 11) is 0. The lowest BCUT2D eigenvalue weighted by atomic mass is 10.0. The first kappa shape index (κ1) is 15.1. The van der Waals surface area contributed by atoms with Crippen molar-refractivity contribution < 1.29 is 26.3 Å². The van der Waals surface area contributed by atoms with Gasteiger partial charge in [-0.2, -0.15) is 26.3 Å². The van der Waals surface area contributed by atoms with Crippen molar-refractivity contribution in [1.29, 1.82) is 0 Å². The van der Waals surface area contributed by atoms with Gasteiger partial charge in [0, 0.05) is 6.07 Å². The van der Waals surface area contributed by atoms with E-state index in [4.69, 9.17) is 0 Å². The summed E-state index contributed by atoms with van der Waals surface area (Å²) >= 11 is 0. The van der Waals surface area contributed by atoms with Gasteiger partial charge in [-0.05, 0) is 18.2 Å². The number of H-pyrrole nitrogens is 1. The molecule has 2 aromatic rings. The van der Waals surface area contributed by atoms with Crippen molar-refractivity contribution in [3.8, 4) is 0 Å². The first-order valence-electron chi connectivity index (χ1n) is 5.36. The number of benzene rings is 1. The van der Waals surface area contributed by atoms with Crippen LogP contribution < -0.4 is 11.0 Å². The second kappa shape index (κ2) is 4.61. The average Bonchev–Trinajstić information content (AvgIpc) is 2.45. The Kier molecular flexibility index (Phi) is 3.31. The standard InChI is InChI=1S/C12H5F6NO2/c13-11(14,15)5-3-6(12(16,17)18)10-7(4-5)19-9(21)2-1-8(10)20/h1-4H,(H,19,21). The number of hydrogen-bond donors (Lipinski definition) is 1. The van der Waals surface area contributed by atoms with Crippen molar-refractivity contribution in [1.82, 2.24) is 4.98 Å². The van der Waals surface area contributed by atoms with Crippen molar-refractivity contribution in [2.45, 2.75) is 12.4 Å². The van der Waals surface area contributed by atoms with Gasteiger partial charge in [-0.3, -0.25) is 9.59 Å². The minimum absolute atomic E-state index is 0.151. The van der Waals surface area contributed by atoms with Crippen LogP contribution in [0.1, 0.15) is 11.1 Å². The molecule has 0 bridgehead atoms. The second-order valence-corrected chi connectivity index (χ2v) is 4.13. The van der Waals surface area contributed by atoms with Gasteiger partial charge in [0.25, 0.3) is 0 Å². The first-order valence-corrected chi connectivity index (χ1v) is 5.36. The van der Waals surface area contributed by atoms with E-state index in [1.54, 1.807) is 0 Å². The molecule has 1 aromatic heterocycles. The zero-order chi connectivity index (χ0) is 16.0. The first-order chi connectivity index (χ1) is 9.50. The van der Waals surface area contributed by atoms with E-state index in [0.29, 0.717) is 18.2 Å². The number of aromatic nitrogens is 1. The molecule has 1 aromatic carbocycles. The van der Waals surface area contributed by atoms with Crippen LogP contribution in [-0.2, 0) is 12.4 Å². The Labute approximate surface area is 111 Å². The van der Waals surface area contributed by atoms with Crippen molar-refractivity contribution in [2.24, 2.45) is 0 Å². The van der Waals surface area contributed by atoms with Gasteiger partial charge in [0.15, 0.2) is 5.43 Å². The third-order valence-electron chi connectivity index (χ3n) is 2.66. The molecule has 1 N–H and O–H groups in total. The summed E-state index contributed by atoms with van der Waals surface area (Å²) in [5.74, 6) is 0. The minimum Gasteiger partial charge on any atom is -0.322 e. The van der Waals surface area contributed by atoms with Crippen LogP contribution in [0.25, 0.3) is 10.9 Å². The maximum absolute atomic E-state index is 12.9. The number of halogens is 6. The van der Waals surface area contributed by atoms with E-state index in [1.165, 1.54) is 0 Å². The predicted molar refractivity (Wildman–Crippen MR) is 60.8 cm³/mol. The monoisotopic (exact) mass is 309 g/mol. The molecule has 1 heterocycles. The minimum atomic E-state index is -5.18. The van der Waals surface area contributed by atoms with Crippen LogP contribution in [0.3, 0.4) is 0 Å². The highest BCUT2D eigenvalue weighted by molar-refractivity contribution is 5.83. The molecule has 0 spiro atoms. The fourth-order valence-electron chi connectivity index (χ4n) is 1.80. The van der Waals surface area contributed by atoms with Crippen molar-refractivity contribution in [3.05, 3.63) is 56.0 Å². The molecule has 0 amide bonds. The van der Waals surface area contributed by atoms with Crippen LogP contribution in [0.4, 0.5) is 26.3 Å². The molecule has 0 atom stereocenters. The molecule has 2 rings (SSSR count). The number of fused-ring (bicyclic) bond motifs is 1. The van der Waals surface area contributed by atoms with Crippen LogP contribution in [0.5, 0.6) is 0 Å². The van der Waals surface area contributed by atoms with Crippen LogP contribution >= 0.6 is 0 Å². The van der Waals surface area contributed by atoms with Gasteiger partial charge in [-0.15, -0.1) is 0 Å². The molecular weight excluding hydrogens is 304 g/mol. The summed E-state index contributed by atoms with van der Waals surface area (Å²) in [5.41, 5.74) is -6.37. The lowest BCUT2D eigenvalue weighted by molar-refractivity contribution is -0.142. The van der Waals surface area contributed by atoms with Gasteiger partial charge in [0.1, 0.15) is 0 Å². The number of nitrogens with one attached hydrogen (secondary N) is 1. The molecule has 0 aliphatic rings. The molecule has 0 saturated heterocycles. The smallest absolute Gasteiger partial charge is 0.322 e. The van der Waals surface area contributed by atoms with Gasteiger partial charge in [0.2, 0.25) is 5.56 Å². The Hall–Kier alpha value is -2.32. The molecule has 21 heavy (non-hydrogen) atoms. The molecule has 0 aliphatic carbocycles. The van der Waals surface area contributed by atoms with Gasteiger partial charge in [-0.1, -0.05) is 0 Å². The summed E-state index contributed by atoms with van der Waals surface area (Å²) in [6, 6.07) is 1.37. The van der Waals surface area contributed by atoms with Crippen LogP contribution in [-0.4, -0.2) is 4.98 Å². The van der Waals surface area contributed by atoms with E-state index in [1.807, 2.05) is 4.98 Å². The quantitative estimate of drug-likeness (QED) is 0.761. The highest BCUT2D eigenvalue weighted by Crippen LogP contribution is 2.38. The van der Waals surface area contributed by atoms with E-state index in [-0.39, 0.29) is 6.07 Å². The SMILES string of the molecule is O=c1ccc(=O)c2c(C(F)(F)F)cc(C(F)(F)F)cc2[nH]1. The molecule has 0 radical (unpaired) electrons. The number of rotatable bonds is 0. The molecule has 0 fully saturated rings. The Morgan fingerprint density at radius 3 is 2.00 bits per heavy atom. The summed E-state index contributed by atoms with van der Waals surface area (Å²) in [5, 5.41) is -1.02. The average molecular weight is 309 g/mol. The summed E-state index contributed by atoms with van der Waals surface area (Å²) < 4.78 is 76.6. The zero-order valence-corrected chi connectivity index (χ0v) is 9.89. The van der Waals surface area contributed by atoms with E-state index < -0.39 is 45.4 Å². The Morgan fingerprint density at radius 2 is 1.48 bits per heavy atom. The van der Waals surface area contributed by atoms with Crippen LogP contribution in [0, 0.1) is 0 Å². The Balaban J connectivity index is 3.09. The molecule has 3 nitrogen and oxygen atoms in total. The normalized spacial score (nSPS) is 12.7. The van der Waals surface area contributed by atoms with Crippen molar-refractivity contribution >= 4 is 10.9 Å². The number of hydrogen-bond acceptors (Lipinski definition) is 2. The van der Waals surface area contributed by atoms with Gasteiger partial charge in [0.05, 0.1) is 22.0 Å². The van der Waals surface area contributed by atoms with Gasteiger partial charge < -0.3 is 4.98 Å². The van der Waals surface area contributed by atoms with Crippen molar-refractivity contribution in [2.75, 3.05) is 0 Å². The fraction of sp³-hybridized carbons (Fsp3) is 0.167. The molecular formula is C12H5F6NO2. The van der Waals surface area contributed by atoms with E-state index in [0.717, 1.165) is 0 Å². The van der Waals surface area contributed by atoms with Crippen LogP contribution in [0.15, 0.2) is 33.9 Å². The Bertz CT molecular complexity index is 819. The lowest BCUT2D eigenvalue weighted by Crippen LogP contribution is -2.14. The fourth-order valence-corrected chi connectivity index (χ4v) is 1.80. The predicted octanol–water partition coefficient (Wildman–Crippen LogP) is 2.93. The van der Waals surface area contributed by atoms with E-state index in [2.05, 4.69) is 0 Å². The maximum atomic E-state index is 12.9. The summed E-state index contributed by atoms with van der Waals surface area (Å²) in [6.45, 7) is 0. The topological polar surface area (TPSA) is 49.9 Å². The number of alkyl halides is 6. The van der Waals surface area contributed by atoms with Crippen molar-refractivity contribution in [3.63, 3.8) is 0 Å². The highest BCUT2D eigenvalue weighted by Gasteiger charge is 2.38. The molecule has 0 unspecified atom stereocenters. The molecule has 0 saturated carbocycles. The lowest BCUT2D eigenvalue weighted by Gasteiger charge is -2.13. The Morgan fingerprint density at radius 1 is 0.857 bits per heavy atom. The summed E-state index contributed by atoms with van der Waals surface area (Å²) in [6.07, 6.45) is -10.2. The zero-order valence-electron chi connectivity index (χ0n) is 9.89. The third kappa shape index (κ3) is 2.91. The van der Waals surface area contributed by atoms with Gasteiger partial charge >= 0.3 is 12.4 Å². The molecule has 9 heteroatoms. The molecule has 0 aliphatic heterocycles. The van der Waals surface area contributed by atoms with E-state index >= 15 is 0 Å². The maximum Gasteiger partial charge on any atom is 0.417 e. The molecule has 112 valence electrons. The third-order valence-corrected chi connectivity index (χ3v) is 2.66. The van der Waals surface area contributed by atoms with Crippen LogP contribution in [0.2, 0.25) is 0 Å². The largest absolute Gasteiger partial charge is 0.417 e. The number of aromatic amines is 1. The second-order valence-electron chi connectivity index (χ2n) is 4.13.